The molecule has 0 aliphatic heterocycles. The van der Waals surface area contributed by atoms with Crippen LogP contribution in [-0.2, 0) is 9.53 Å². The summed E-state index contributed by atoms with van der Waals surface area (Å²) in [6.07, 6.45) is -1.04. The molecule has 17 heavy (non-hydrogen) atoms. The first-order chi connectivity index (χ1) is 8.08. The Morgan fingerprint density at radius 1 is 1.53 bits per heavy atom. The van der Waals surface area contributed by atoms with Gasteiger partial charge in [-0.3, -0.25) is 4.79 Å². The molecule has 0 radical (unpaired) electrons. The lowest BCUT2D eigenvalue weighted by Crippen LogP contribution is -2.37. The minimum atomic E-state index is -1.11. The topological polar surface area (TPSA) is 84.9 Å². The molecule has 0 aromatic carbocycles. The van der Waals surface area contributed by atoms with Gasteiger partial charge in [0.05, 0.1) is 18.5 Å². The summed E-state index contributed by atoms with van der Waals surface area (Å²) in [5, 5.41) is 12.9. The van der Waals surface area contributed by atoms with Gasteiger partial charge in [-0.1, -0.05) is 0 Å². The molecule has 0 bridgehead atoms. The lowest BCUT2D eigenvalue weighted by Gasteiger charge is -2.10. The third kappa shape index (κ3) is 3.72. The van der Waals surface area contributed by atoms with Crippen molar-refractivity contribution in [2.45, 2.75) is 6.10 Å². The maximum atomic E-state index is 11.6. The van der Waals surface area contributed by atoms with Crippen LogP contribution in [0.5, 0.6) is 5.75 Å². The van der Waals surface area contributed by atoms with Gasteiger partial charge in [-0.15, -0.1) is 11.3 Å². The van der Waals surface area contributed by atoms with Crippen LogP contribution in [0.25, 0.3) is 0 Å². The van der Waals surface area contributed by atoms with Crippen molar-refractivity contribution in [2.75, 3.05) is 20.8 Å². The van der Waals surface area contributed by atoms with Gasteiger partial charge in [0.2, 0.25) is 0 Å². The molecule has 1 aromatic rings. The van der Waals surface area contributed by atoms with Crippen LogP contribution in [0.3, 0.4) is 0 Å². The number of ether oxygens (including phenoxy) is 2. The SMILES string of the molecule is COc1csc(C(=O)NCC(OC)C(=O)O)c1. The van der Waals surface area contributed by atoms with Crippen LogP contribution in [0.1, 0.15) is 9.67 Å². The van der Waals surface area contributed by atoms with Crippen LogP contribution in [-0.4, -0.2) is 43.9 Å². The Bertz CT molecular complexity index is 403. The van der Waals surface area contributed by atoms with Crippen molar-refractivity contribution in [2.24, 2.45) is 0 Å². The third-order valence-electron chi connectivity index (χ3n) is 2.04. The molecule has 1 heterocycles. The summed E-state index contributed by atoms with van der Waals surface area (Å²) in [5.74, 6) is -0.861. The average molecular weight is 259 g/mol. The standard InChI is InChI=1S/C10H13NO5S/c1-15-6-3-8(17-5-6)9(12)11-4-7(16-2)10(13)14/h3,5,7H,4H2,1-2H3,(H,11,12)(H,13,14). The molecule has 2 N–H and O–H groups in total. The Labute approximate surface area is 102 Å². The molecule has 1 atom stereocenters. The molecule has 0 saturated carbocycles. The van der Waals surface area contributed by atoms with E-state index in [9.17, 15) is 9.59 Å². The molecule has 1 unspecified atom stereocenters. The lowest BCUT2D eigenvalue weighted by atomic mass is 10.3. The molecular weight excluding hydrogens is 246 g/mol. The smallest absolute Gasteiger partial charge is 0.334 e. The van der Waals surface area contributed by atoms with E-state index < -0.39 is 12.1 Å². The second-order valence-electron chi connectivity index (χ2n) is 3.12. The molecule has 1 rings (SSSR count). The number of aliphatic carboxylic acids is 1. The van der Waals surface area contributed by atoms with Gasteiger partial charge in [-0.2, -0.15) is 0 Å². The number of nitrogens with one attached hydrogen (secondary N) is 1. The zero-order valence-corrected chi connectivity index (χ0v) is 10.2. The first-order valence-corrected chi connectivity index (χ1v) is 5.62. The van der Waals surface area contributed by atoms with Crippen LogP contribution in [0, 0.1) is 0 Å². The summed E-state index contributed by atoms with van der Waals surface area (Å²) in [6, 6.07) is 1.59. The summed E-state index contributed by atoms with van der Waals surface area (Å²) in [6.45, 7) is -0.0785. The van der Waals surface area contributed by atoms with E-state index in [1.54, 1.807) is 11.4 Å². The highest BCUT2D eigenvalue weighted by Gasteiger charge is 2.18. The van der Waals surface area contributed by atoms with E-state index >= 15 is 0 Å². The number of carboxylic acids is 1. The van der Waals surface area contributed by atoms with Gasteiger partial charge in [0.25, 0.3) is 5.91 Å². The van der Waals surface area contributed by atoms with Crippen LogP contribution in [0.4, 0.5) is 0 Å². The normalized spacial score (nSPS) is 11.9. The van der Waals surface area contributed by atoms with Crippen molar-refractivity contribution in [3.8, 4) is 5.75 Å². The number of amides is 1. The summed E-state index contributed by atoms with van der Waals surface area (Å²) in [7, 11) is 2.79. The molecule has 0 spiro atoms. The van der Waals surface area contributed by atoms with Gasteiger partial charge < -0.3 is 19.9 Å². The number of carboxylic acid groups (broad SMARTS) is 1. The van der Waals surface area contributed by atoms with Crippen molar-refractivity contribution in [3.05, 3.63) is 16.3 Å². The van der Waals surface area contributed by atoms with Crippen molar-refractivity contribution < 1.29 is 24.2 Å². The first kappa shape index (κ1) is 13.5. The van der Waals surface area contributed by atoms with Crippen molar-refractivity contribution in [1.29, 1.82) is 0 Å². The average Bonchev–Trinajstić information content (AvgIpc) is 2.77. The number of thiophene rings is 1. The second kappa shape index (κ2) is 6.21. The van der Waals surface area contributed by atoms with Crippen LogP contribution in [0.15, 0.2) is 11.4 Å². The summed E-state index contributed by atoms with van der Waals surface area (Å²) < 4.78 is 9.63. The van der Waals surface area contributed by atoms with Gasteiger partial charge in [0.15, 0.2) is 6.10 Å². The maximum absolute atomic E-state index is 11.6. The zero-order valence-electron chi connectivity index (χ0n) is 9.43. The number of methoxy groups -OCH3 is 2. The molecule has 0 aliphatic rings. The predicted molar refractivity (Wildman–Crippen MR) is 61.6 cm³/mol. The van der Waals surface area contributed by atoms with Gasteiger partial charge in [-0.05, 0) is 0 Å². The third-order valence-corrected chi connectivity index (χ3v) is 2.95. The van der Waals surface area contributed by atoms with E-state index in [0.717, 1.165) is 0 Å². The minimum Gasteiger partial charge on any atom is -0.496 e. The maximum Gasteiger partial charge on any atom is 0.334 e. The second-order valence-corrected chi connectivity index (χ2v) is 4.03. The Hall–Kier alpha value is -1.60. The Kier molecular flexibility index (Phi) is 4.92. The van der Waals surface area contributed by atoms with Crippen LogP contribution in [0.2, 0.25) is 0 Å². The van der Waals surface area contributed by atoms with E-state index in [2.05, 4.69) is 10.1 Å². The molecule has 0 aliphatic carbocycles. The van der Waals surface area contributed by atoms with Crippen molar-refractivity contribution in [3.63, 3.8) is 0 Å². The first-order valence-electron chi connectivity index (χ1n) is 4.74. The fraction of sp³-hybridized carbons (Fsp3) is 0.400. The molecule has 6 nitrogen and oxygen atoms in total. The summed E-state index contributed by atoms with van der Waals surface area (Å²) in [4.78, 5) is 22.7. The van der Waals surface area contributed by atoms with E-state index in [4.69, 9.17) is 9.84 Å². The largest absolute Gasteiger partial charge is 0.496 e. The zero-order chi connectivity index (χ0) is 12.8. The monoisotopic (exact) mass is 259 g/mol. The molecule has 94 valence electrons. The lowest BCUT2D eigenvalue weighted by molar-refractivity contribution is -0.147. The molecule has 1 aromatic heterocycles. The predicted octanol–water partition coefficient (Wildman–Crippen LogP) is 0.586. The fourth-order valence-corrected chi connectivity index (χ4v) is 1.86. The minimum absolute atomic E-state index is 0.0785. The Morgan fingerprint density at radius 2 is 2.24 bits per heavy atom. The molecule has 0 fully saturated rings. The number of hydrogen-bond acceptors (Lipinski definition) is 5. The van der Waals surface area contributed by atoms with Crippen LogP contribution >= 0.6 is 11.3 Å². The van der Waals surface area contributed by atoms with E-state index in [0.29, 0.717) is 10.6 Å². The highest BCUT2D eigenvalue weighted by molar-refractivity contribution is 7.12. The summed E-state index contributed by atoms with van der Waals surface area (Å²) in [5.41, 5.74) is 0. The van der Waals surface area contributed by atoms with Gasteiger partial charge in [-0.25, -0.2) is 4.79 Å². The fourth-order valence-electron chi connectivity index (χ4n) is 1.09. The van der Waals surface area contributed by atoms with E-state index in [-0.39, 0.29) is 12.5 Å². The molecule has 1 amide bonds. The van der Waals surface area contributed by atoms with E-state index in [1.807, 2.05) is 0 Å². The molecule has 0 saturated heterocycles. The molecular formula is C10H13NO5S. The van der Waals surface area contributed by atoms with Gasteiger partial charge in [0, 0.05) is 18.6 Å². The van der Waals surface area contributed by atoms with Crippen molar-refractivity contribution in [1.82, 2.24) is 5.32 Å². The quantitative estimate of drug-likeness (QED) is 0.781. The highest BCUT2D eigenvalue weighted by Crippen LogP contribution is 2.20. The van der Waals surface area contributed by atoms with Crippen LogP contribution < -0.4 is 10.1 Å². The summed E-state index contributed by atoms with van der Waals surface area (Å²) >= 11 is 1.22. The van der Waals surface area contributed by atoms with Gasteiger partial charge in [0.1, 0.15) is 5.75 Å². The Balaban J connectivity index is 2.52. The Morgan fingerprint density at radius 3 is 2.71 bits per heavy atom. The van der Waals surface area contributed by atoms with Gasteiger partial charge >= 0.3 is 5.97 Å². The molecule has 7 heteroatoms. The number of hydrogen-bond donors (Lipinski definition) is 2. The van der Waals surface area contributed by atoms with Crippen molar-refractivity contribution >= 4 is 23.2 Å². The number of carbonyl (C=O) groups excluding carboxylic acids is 1. The van der Waals surface area contributed by atoms with E-state index in [1.165, 1.54) is 25.6 Å². The highest BCUT2D eigenvalue weighted by atomic mass is 32.1. The number of carbonyl (C=O) groups is 2. The number of rotatable bonds is 6.